The first kappa shape index (κ1) is 11.7. The summed E-state index contributed by atoms with van der Waals surface area (Å²) in [5, 5.41) is 10.6. The molecule has 0 aromatic carbocycles. The second-order valence-corrected chi connectivity index (χ2v) is 5.52. The molecule has 0 aliphatic carbocycles. The normalized spacial score (nSPS) is 19.5. The van der Waals surface area contributed by atoms with E-state index in [0.29, 0.717) is 6.54 Å². The molecule has 2 heterocycles. The van der Waals surface area contributed by atoms with Gasteiger partial charge in [-0.15, -0.1) is 0 Å². The van der Waals surface area contributed by atoms with Gasteiger partial charge in [0.25, 0.3) is 5.69 Å². The van der Waals surface area contributed by atoms with Crippen molar-refractivity contribution < 1.29 is 13.3 Å². The maximum absolute atomic E-state index is 11.8. The van der Waals surface area contributed by atoms with Crippen LogP contribution in [0.15, 0.2) is 18.5 Å². The second-order valence-electron chi connectivity index (χ2n) is 3.56. The molecule has 2 rings (SSSR count). The number of nitro groups is 1. The van der Waals surface area contributed by atoms with Gasteiger partial charge < -0.3 is 0 Å². The predicted octanol–water partition coefficient (Wildman–Crippen LogP) is -0.0136. The van der Waals surface area contributed by atoms with Crippen molar-refractivity contribution in [3.8, 4) is 0 Å². The van der Waals surface area contributed by atoms with Crippen LogP contribution in [0.3, 0.4) is 0 Å². The van der Waals surface area contributed by atoms with E-state index in [4.69, 9.17) is 0 Å². The van der Waals surface area contributed by atoms with Crippen molar-refractivity contribution in [1.82, 2.24) is 9.29 Å². The van der Waals surface area contributed by atoms with Crippen LogP contribution in [0.1, 0.15) is 0 Å². The zero-order valence-electron chi connectivity index (χ0n) is 8.98. The second kappa shape index (κ2) is 3.93. The van der Waals surface area contributed by atoms with Crippen molar-refractivity contribution in [3.63, 3.8) is 0 Å². The van der Waals surface area contributed by atoms with Gasteiger partial charge in [-0.25, -0.2) is 0 Å². The van der Waals surface area contributed by atoms with Gasteiger partial charge in [0, 0.05) is 26.2 Å². The van der Waals surface area contributed by atoms with Gasteiger partial charge in [-0.3, -0.25) is 19.4 Å². The quantitative estimate of drug-likeness (QED) is 0.549. The van der Waals surface area contributed by atoms with Crippen LogP contribution in [0.5, 0.6) is 0 Å². The van der Waals surface area contributed by atoms with E-state index in [1.807, 2.05) is 0 Å². The average Bonchev–Trinajstić information content (AvgIpc) is 2.54. The number of hydrogen-bond acceptors (Lipinski definition) is 5. The molecule has 0 spiro atoms. The molecule has 9 heteroatoms. The number of nitrogens with zero attached hydrogens (tertiary/aromatic N) is 4. The van der Waals surface area contributed by atoms with Gasteiger partial charge in [-0.2, -0.15) is 12.7 Å². The number of likely N-dealkylation sites (N-methyl/N-ethyl adjacent to an activating group) is 1. The standard InChI is InChI=1S/C8H10N4O4S/c1-10-2-3-11(17(10,15)16)7-4-8(12(13)14)6-9-5-7/h4-6H,2-3H2,1H3. The molecule has 1 aliphatic heterocycles. The lowest BCUT2D eigenvalue weighted by molar-refractivity contribution is -0.385. The molecule has 0 amide bonds. The van der Waals surface area contributed by atoms with Crippen molar-refractivity contribution in [1.29, 1.82) is 0 Å². The Balaban J connectivity index is 2.42. The summed E-state index contributed by atoms with van der Waals surface area (Å²) in [5.41, 5.74) is -0.0178. The summed E-state index contributed by atoms with van der Waals surface area (Å²) in [6.45, 7) is 0.618. The van der Waals surface area contributed by atoms with Crippen molar-refractivity contribution >= 4 is 21.6 Å². The van der Waals surface area contributed by atoms with E-state index in [1.54, 1.807) is 0 Å². The first-order valence-corrected chi connectivity index (χ1v) is 6.16. The molecule has 0 N–H and O–H groups in total. The van der Waals surface area contributed by atoms with Gasteiger partial charge in [0.15, 0.2) is 0 Å². The fraction of sp³-hybridized carbons (Fsp3) is 0.375. The van der Waals surface area contributed by atoms with E-state index >= 15 is 0 Å². The predicted molar refractivity (Wildman–Crippen MR) is 59.8 cm³/mol. The summed E-state index contributed by atoms with van der Waals surface area (Å²) in [6.07, 6.45) is 2.37. The highest BCUT2D eigenvalue weighted by Crippen LogP contribution is 2.25. The third-order valence-corrected chi connectivity index (χ3v) is 4.42. The molecule has 1 aliphatic rings. The molecule has 1 aromatic rings. The van der Waals surface area contributed by atoms with Crippen molar-refractivity contribution in [2.75, 3.05) is 24.4 Å². The van der Waals surface area contributed by atoms with Crippen LogP contribution >= 0.6 is 0 Å². The first-order chi connectivity index (χ1) is 7.93. The first-order valence-electron chi connectivity index (χ1n) is 4.76. The fourth-order valence-electron chi connectivity index (χ4n) is 1.55. The Hall–Kier alpha value is -1.74. The lowest BCUT2D eigenvalue weighted by Gasteiger charge is -2.16. The van der Waals surface area contributed by atoms with Crippen molar-refractivity contribution in [2.24, 2.45) is 0 Å². The molecule has 8 nitrogen and oxygen atoms in total. The Bertz CT molecular complexity index is 558. The van der Waals surface area contributed by atoms with Crippen LogP contribution in [-0.4, -0.2) is 42.8 Å². The SMILES string of the molecule is CN1CCN(c2cncc([N+](=O)[O-])c2)S1(=O)=O. The number of anilines is 1. The fourth-order valence-corrected chi connectivity index (χ4v) is 2.87. The minimum atomic E-state index is -3.56. The van der Waals surface area contributed by atoms with Crippen LogP contribution in [0.2, 0.25) is 0 Å². The molecule has 17 heavy (non-hydrogen) atoms. The molecule has 1 saturated heterocycles. The summed E-state index contributed by atoms with van der Waals surface area (Å²) < 4.78 is 25.9. The van der Waals surface area contributed by atoms with Gasteiger partial charge in [0.1, 0.15) is 6.20 Å². The van der Waals surface area contributed by atoms with E-state index in [9.17, 15) is 18.5 Å². The number of rotatable bonds is 2. The van der Waals surface area contributed by atoms with Gasteiger partial charge >= 0.3 is 10.2 Å². The number of aromatic nitrogens is 1. The molecule has 92 valence electrons. The Kier molecular flexibility index (Phi) is 2.71. The largest absolute Gasteiger partial charge is 0.303 e. The van der Waals surface area contributed by atoms with Gasteiger partial charge in [-0.1, -0.05) is 0 Å². The molecule has 1 fully saturated rings. The topological polar surface area (TPSA) is 96.7 Å². The average molecular weight is 258 g/mol. The molecule has 0 unspecified atom stereocenters. The molecular formula is C8H10N4O4S. The summed E-state index contributed by atoms with van der Waals surface area (Å²) in [4.78, 5) is 13.6. The number of pyridine rings is 1. The summed E-state index contributed by atoms with van der Waals surface area (Å²) >= 11 is 0. The van der Waals surface area contributed by atoms with E-state index in [1.165, 1.54) is 23.6 Å². The van der Waals surface area contributed by atoms with Crippen molar-refractivity contribution in [3.05, 3.63) is 28.6 Å². The Morgan fingerprint density at radius 1 is 1.41 bits per heavy atom. The third-order valence-electron chi connectivity index (χ3n) is 2.50. The van der Waals surface area contributed by atoms with Gasteiger partial charge in [-0.05, 0) is 0 Å². The molecule has 0 radical (unpaired) electrons. The van der Waals surface area contributed by atoms with Gasteiger partial charge in [0.2, 0.25) is 0 Å². The summed E-state index contributed by atoms with van der Waals surface area (Å²) in [6, 6.07) is 1.20. The maximum Gasteiger partial charge on any atom is 0.303 e. The summed E-state index contributed by atoms with van der Waals surface area (Å²) in [7, 11) is -2.10. The van der Waals surface area contributed by atoms with E-state index in [2.05, 4.69) is 4.98 Å². The highest BCUT2D eigenvalue weighted by molar-refractivity contribution is 7.90. The van der Waals surface area contributed by atoms with Crippen LogP contribution in [0.25, 0.3) is 0 Å². The smallest absolute Gasteiger partial charge is 0.258 e. The van der Waals surface area contributed by atoms with Crippen molar-refractivity contribution in [2.45, 2.75) is 0 Å². The minimum absolute atomic E-state index is 0.212. The minimum Gasteiger partial charge on any atom is -0.258 e. The summed E-state index contributed by atoms with van der Waals surface area (Å²) in [5.74, 6) is 0. The van der Waals surface area contributed by atoms with Crippen LogP contribution < -0.4 is 4.31 Å². The Morgan fingerprint density at radius 2 is 2.12 bits per heavy atom. The van der Waals surface area contributed by atoms with Crippen LogP contribution in [0, 0.1) is 10.1 Å². The highest BCUT2D eigenvalue weighted by atomic mass is 32.2. The molecule has 0 saturated carbocycles. The van der Waals surface area contributed by atoms with Crippen LogP contribution in [0.4, 0.5) is 11.4 Å². The number of hydrogen-bond donors (Lipinski definition) is 0. The monoisotopic (exact) mass is 258 g/mol. The third kappa shape index (κ3) is 1.94. The van der Waals surface area contributed by atoms with E-state index in [0.717, 1.165) is 10.5 Å². The Labute approximate surface area is 97.8 Å². The lowest BCUT2D eigenvalue weighted by atomic mass is 10.3. The zero-order valence-corrected chi connectivity index (χ0v) is 9.79. The molecule has 0 bridgehead atoms. The van der Waals surface area contributed by atoms with E-state index in [-0.39, 0.29) is 17.9 Å². The molecule has 0 atom stereocenters. The van der Waals surface area contributed by atoms with Crippen LogP contribution in [-0.2, 0) is 10.2 Å². The molecule has 1 aromatic heterocycles. The Morgan fingerprint density at radius 3 is 2.65 bits per heavy atom. The van der Waals surface area contributed by atoms with E-state index < -0.39 is 15.1 Å². The molecular weight excluding hydrogens is 248 g/mol. The van der Waals surface area contributed by atoms with Gasteiger partial charge in [0.05, 0.1) is 16.8 Å². The highest BCUT2D eigenvalue weighted by Gasteiger charge is 2.34. The maximum atomic E-state index is 11.8. The zero-order chi connectivity index (χ0) is 12.6. The lowest BCUT2D eigenvalue weighted by Crippen LogP contribution is -2.30.